The van der Waals surface area contributed by atoms with Gasteiger partial charge in [-0.25, -0.2) is 8.78 Å². The van der Waals surface area contributed by atoms with E-state index in [2.05, 4.69) is 10.4 Å². The van der Waals surface area contributed by atoms with Crippen molar-refractivity contribution in [3.05, 3.63) is 53.3 Å². The molecule has 0 spiro atoms. The number of aromatic nitrogens is 2. The van der Waals surface area contributed by atoms with Crippen LogP contribution in [0.5, 0.6) is 0 Å². The Morgan fingerprint density at radius 1 is 1.32 bits per heavy atom. The van der Waals surface area contributed by atoms with Crippen LogP contribution in [0.2, 0.25) is 0 Å². The van der Waals surface area contributed by atoms with Crippen molar-refractivity contribution in [2.24, 2.45) is 0 Å². The standard InChI is InChI=1S/C16H19F2N3O/c1-3-13(12-7-5-4-6-8-12)19-15(22)10-21-14(16(17)18)9-11(2)20-21/h4-9,13,16H,3,10H2,1-2H3,(H,19,22). The van der Waals surface area contributed by atoms with Crippen LogP contribution < -0.4 is 5.32 Å². The van der Waals surface area contributed by atoms with Gasteiger partial charge >= 0.3 is 0 Å². The summed E-state index contributed by atoms with van der Waals surface area (Å²) in [6.07, 6.45) is -1.93. The van der Waals surface area contributed by atoms with E-state index in [9.17, 15) is 13.6 Å². The van der Waals surface area contributed by atoms with Crippen LogP contribution in [0.15, 0.2) is 36.4 Å². The third-order valence-corrected chi connectivity index (χ3v) is 3.40. The molecule has 1 amide bonds. The Morgan fingerprint density at radius 2 is 2.00 bits per heavy atom. The normalized spacial score (nSPS) is 12.4. The Labute approximate surface area is 128 Å². The van der Waals surface area contributed by atoms with E-state index < -0.39 is 6.43 Å². The maximum Gasteiger partial charge on any atom is 0.280 e. The molecule has 1 heterocycles. The molecule has 0 aliphatic heterocycles. The van der Waals surface area contributed by atoms with Gasteiger partial charge in [-0.2, -0.15) is 5.10 Å². The van der Waals surface area contributed by atoms with Crippen molar-refractivity contribution in [2.45, 2.75) is 39.3 Å². The molecule has 0 radical (unpaired) electrons. The lowest BCUT2D eigenvalue weighted by Gasteiger charge is -2.18. The van der Waals surface area contributed by atoms with Crippen molar-refractivity contribution in [2.75, 3.05) is 0 Å². The zero-order valence-electron chi connectivity index (χ0n) is 12.6. The minimum absolute atomic E-state index is 0.139. The average Bonchev–Trinajstić information content (AvgIpc) is 2.86. The van der Waals surface area contributed by atoms with E-state index >= 15 is 0 Å². The second-order valence-corrected chi connectivity index (χ2v) is 5.11. The average molecular weight is 307 g/mol. The second kappa shape index (κ2) is 7.15. The van der Waals surface area contributed by atoms with Crippen molar-refractivity contribution in [1.29, 1.82) is 0 Å². The Balaban J connectivity index is 2.06. The summed E-state index contributed by atoms with van der Waals surface area (Å²) in [5.41, 5.74) is 1.22. The first-order chi connectivity index (χ1) is 10.5. The van der Waals surface area contributed by atoms with Crippen LogP contribution >= 0.6 is 0 Å². The number of nitrogens with zero attached hydrogens (tertiary/aromatic N) is 2. The van der Waals surface area contributed by atoms with Gasteiger partial charge in [0.25, 0.3) is 6.43 Å². The highest BCUT2D eigenvalue weighted by atomic mass is 19.3. The lowest BCUT2D eigenvalue weighted by Crippen LogP contribution is -2.32. The van der Waals surface area contributed by atoms with Crippen LogP contribution in [-0.2, 0) is 11.3 Å². The molecule has 2 rings (SSSR count). The van der Waals surface area contributed by atoms with Crippen LogP contribution in [-0.4, -0.2) is 15.7 Å². The molecular weight excluding hydrogens is 288 g/mol. The van der Waals surface area contributed by atoms with Crippen molar-refractivity contribution in [1.82, 2.24) is 15.1 Å². The molecule has 0 fully saturated rings. The molecule has 0 aliphatic rings. The predicted molar refractivity (Wildman–Crippen MR) is 79.5 cm³/mol. The van der Waals surface area contributed by atoms with Gasteiger partial charge in [-0.3, -0.25) is 9.48 Å². The van der Waals surface area contributed by atoms with Gasteiger partial charge in [-0.1, -0.05) is 37.3 Å². The number of carbonyl (C=O) groups is 1. The highest BCUT2D eigenvalue weighted by Gasteiger charge is 2.19. The van der Waals surface area contributed by atoms with Crippen molar-refractivity contribution in [3.8, 4) is 0 Å². The van der Waals surface area contributed by atoms with E-state index in [-0.39, 0.29) is 24.2 Å². The highest BCUT2D eigenvalue weighted by Crippen LogP contribution is 2.20. The summed E-state index contributed by atoms with van der Waals surface area (Å²) in [5, 5.41) is 6.82. The van der Waals surface area contributed by atoms with Crippen LogP contribution in [0.4, 0.5) is 8.78 Å². The third-order valence-electron chi connectivity index (χ3n) is 3.40. The van der Waals surface area contributed by atoms with Crippen LogP contribution in [0.1, 0.15) is 42.8 Å². The van der Waals surface area contributed by atoms with E-state index in [1.807, 2.05) is 37.3 Å². The Hall–Kier alpha value is -2.24. The SMILES string of the molecule is CCC(NC(=O)Cn1nc(C)cc1C(F)F)c1ccccc1. The number of amides is 1. The fraction of sp³-hybridized carbons (Fsp3) is 0.375. The molecule has 0 saturated carbocycles. The van der Waals surface area contributed by atoms with Crippen molar-refractivity contribution in [3.63, 3.8) is 0 Å². The lowest BCUT2D eigenvalue weighted by molar-refractivity contribution is -0.122. The molecule has 1 N–H and O–H groups in total. The topological polar surface area (TPSA) is 46.9 Å². The summed E-state index contributed by atoms with van der Waals surface area (Å²) in [6.45, 7) is 3.37. The van der Waals surface area contributed by atoms with Crippen LogP contribution in [0, 0.1) is 6.92 Å². The Morgan fingerprint density at radius 3 is 2.59 bits per heavy atom. The Bertz CT molecular complexity index is 626. The summed E-state index contributed by atoms with van der Waals surface area (Å²) in [7, 11) is 0. The number of halogens is 2. The summed E-state index contributed by atoms with van der Waals surface area (Å²) >= 11 is 0. The molecular formula is C16H19F2N3O. The van der Waals surface area contributed by atoms with Crippen LogP contribution in [0.3, 0.4) is 0 Å². The summed E-state index contributed by atoms with van der Waals surface area (Å²) in [4.78, 5) is 12.1. The lowest BCUT2D eigenvalue weighted by atomic mass is 10.0. The zero-order chi connectivity index (χ0) is 16.1. The number of aryl methyl sites for hydroxylation is 1. The molecule has 1 aromatic heterocycles. The zero-order valence-corrected chi connectivity index (χ0v) is 12.6. The molecule has 1 unspecified atom stereocenters. The first-order valence-corrected chi connectivity index (χ1v) is 7.18. The van der Waals surface area contributed by atoms with E-state index in [1.54, 1.807) is 6.92 Å². The quantitative estimate of drug-likeness (QED) is 0.889. The molecule has 4 nitrogen and oxygen atoms in total. The first-order valence-electron chi connectivity index (χ1n) is 7.18. The molecule has 118 valence electrons. The van der Waals surface area contributed by atoms with Crippen LogP contribution in [0.25, 0.3) is 0 Å². The number of hydrogen-bond acceptors (Lipinski definition) is 2. The molecule has 22 heavy (non-hydrogen) atoms. The molecule has 1 atom stereocenters. The van der Waals surface area contributed by atoms with E-state index in [0.717, 1.165) is 16.7 Å². The fourth-order valence-corrected chi connectivity index (χ4v) is 2.35. The van der Waals surface area contributed by atoms with Gasteiger partial charge in [0.1, 0.15) is 12.2 Å². The van der Waals surface area contributed by atoms with E-state index in [0.29, 0.717) is 5.69 Å². The second-order valence-electron chi connectivity index (χ2n) is 5.11. The number of nitrogens with one attached hydrogen (secondary N) is 1. The van der Waals surface area contributed by atoms with Gasteiger partial charge in [0.15, 0.2) is 0 Å². The summed E-state index contributed by atoms with van der Waals surface area (Å²) < 4.78 is 26.8. The number of carbonyl (C=O) groups excluding carboxylic acids is 1. The van der Waals surface area contributed by atoms with Gasteiger partial charge < -0.3 is 5.32 Å². The van der Waals surface area contributed by atoms with Gasteiger partial charge in [0.2, 0.25) is 5.91 Å². The molecule has 2 aromatic rings. The van der Waals surface area contributed by atoms with Gasteiger partial charge in [0, 0.05) is 0 Å². The summed E-state index contributed by atoms with van der Waals surface area (Å²) in [5.74, 6) is -0.333. The van der Waals surface area contributed by atoms with Gasteiger partial charge in [-0.15, -0.1) is 0 Å². The predicted octanol–water partition coefficient (Wildman–Crippen LogP) is 3.40. The van der Waals surface area contributed by atoms with Gasteiger partial charge in [0.05, 0.1) is 11.7 Å². The number of alkyl halides is 2. The third kappa shape index (κ3) is 3.90. The number of hydrogen-bond donors (Lipinski definition) is 1. The van der Waals surface area contributed by atoms with Crippen molar-refractivity contribution >= 4 is 5.91 Å². The Kier molecular flexibility index (Phi) is 5.25. The largest absolute Gasteiger partial charge is 0.348 e. The number of benzene rings is 1. The molecule has 6 heteroatoms. The fourth-order valence-electron chi connectivity index (χ4n) is 2.35. The maximum atomic E-state index is 12.9. The van der Waals surface area contributed by atoms with Gasteiger partial charge in [-0.05, 0) is 25.0 Å². The first kappa shape index (κ1) is 16.1. The van der Waals surface area contributed by atoms with E-state index in [1.165, 1.54) is 6.07 Å². The smallest absolute Gasteiger partial charge is 0.280 e. The van der Waals surface area contributed by atoms with Crippen molar-refractivity contribution < 1.29 is 13.6 Å². The molecule has 0 saturated heterocycles. The summed E-state index contributed by atoms with van der Waals surface area (Å²) in [6, 6.07) is 10.7. The number of rotatable bonds is 6. The molecule has 1 aromatic carbocycles. The molecule has 0 bridgehead atoms. The highest BCUT2D eigenvalue weighted by molar-refractivity contribution is 5.76. The van der Waals surface area contributed by atoms with E-state index in [4.69, 9.17) is 0 Å². The minimum atomic E-state index is -2.65. The molecule has 0 aliphatic carbocycles. The monoisotopic (exact) mass is 307 g/mol. The minimum Gasteiger partial charge on any atom is -0.348 e. The maximum absolute atomic E-state index is 12.9.